The number of fused-ring (bicyclic) bond motifs is 3. The van der Waals surface area contributed by atoms with Crippen molar-refractivity contribution >= 4 is 15.7 Å². The first-order valence-corrected chi connectivity index (χ1v) is 13.1. The normalized spacial score (nSPS) is 18.0. The standard InChI is InChI=1S/C27H22F5NO4S/c1-13-7-5-6-8-15(13)22-17-9-16-14(2)12-26(3,4)33-20(16)11-21(17)36-24-18(22)10-19(28)25(23(24)29)37-38(34,35)27(30,31)32/h5-11,14H,12H2,1-4H3. The maximum atomic E-state index is 15.6. The molecule has 1 atom stereocenters. The van der Waals surface area contributed by atoms with Gasteiger partial charge in [-0.25, -0.2) is 4.39 Å². The van der Waals surface area contributed by atoms with E-state index in [1.165, 1.54) is 0 Å². The Balaban J connectivity index is 1.85. The van der Waals surface area contributed by atoms with Crippen molar-refractivity contribution in [1.29, 1.82) is 0 Å². The molecule has 0 saturated carbocycles. The largest absolute Gasteiger partial charge is 0.534 e. The van der Waals surface area contributed by atoms with Gasteiger partial charge in [-0.15, -0.1) is 0 Å². The van der Waals surface area contributed by atoms with E-state index in [1.807, 2.05) is 19.9 Å². The lowest BCUT2D eigenvalue weighted by molar-refractivity contribution is -0.0502. The molecule has 0 aliphatic carbocycles. The highest BCUT2D eigenvalue weighted by atomic mass is 32.2. The van der Waals surface area contributed by atoms with Crippen LogP contribution in [0.15, 0.2) is 47.5 Å². The quantitative estimate of drug-likeness (QED) is 0.185. The van der Waals surface area contributed by atoms with Gasteiger partial charge in [-0.1, -0.05) is 31.2 Å². The highest BCUT2D eigenvalue weighted by Gasteiger charge is 2.49. The van der Waals surface area contributed by atoms with E-state index >= 15 is 8.78 Å². The molecule has 2 heterocycles. The third-order valence-electron chi connectivity index (χ3n) is 6.66. The fourth-order valence-electron chi connectivity index (χ4n) is 5.09. The topological polar surface area (TPSA) is 65.0 Å². The van der Waals surface area contributed by atoms with Crippen molar-refractivity contribution in [2.75, 3.05) is 0 Å². The molecule has 0 spiro atoms. The molecule has 38 heavy (non-hydrogen) atoms. The van der Waals surface area contributed by atoms with Gasteiger partial charge < -0.3 is 8.92 Å². The zero-order valence-corrected chi connectivity index (χ0v) is 21.5. The van der Waals surface area contributed by atoms with Crippen molar-refractivity contribution < 1.29 is 39.3 Å². The first-order valence-electron chi connectivity index (χ1n) is 11.6. The molecular weight excluding hydrogens is 529 g/mol. The van der Waals surface area contributed by atoms with Gasteiger partial charge in [0.05, 0.1) is 10.9 Å². The van der Waals surface area contributed by atoms with Crippen LogP contribution < -0.4 is 19.5 Å². The van der Waals surface area contributed by atoms with Crippen molar-refractivity contribution in [3.63, 3.8) is 0 Å². The average Bonchev–Trinajstić information content (AvgIpc) is 2.79. The number of alkyl halides is 3. The van der Waals surface area contributed by atoms with Gasteiger partial charge in [0.15, 0.2) is 11.6 Å². The highest BCUT2D eigenvalue weighted by molar-refractivity contribution is 7.88. The van der Waals surface area contributed by atoms with Crippen molar-refractivity contribution in [2.24, 2.45) is 4.99 Å². The summed E-state index contributed by atoms with van der Waals surface area (Å²) < 4.78 is 102. The van der Waals surface area contributed by atoms with E-state index in [0.29, 0.717) is 21.7 Å². The highest BCUT2D eigenvalue weighted by Crippen LogP contribution is 2.44. The van der Waals surface area contributed by atoms with Gasteiger partial charge in [0.25, 0.3) is 0 Å². The zero-order chi connectivity index (χ0) is 27.8. The van der Waals surface area contributed by atoms with Gasteiger partial charge >= 0.3 is 15.6 Å². The molecule has 200 valence electrons. The summed E-state index contributed by atoms with van der Waals surface area (Å²) in [7, 11) is -6.34. The average molecular weight is 552 g/mol. The Morgan fingerprint density at radius 2 is 1.76 bits per heavy atom. The lowest BCUT2D eigenvalue weighted by atomic mass is 9.82. The van der Waals surface area contributed by atoms with Gasteiger partial charge in [0, 0.05) is 22.4 Å². The molecular formula is C27H22F5NO4S. The minimum atomic E-state index is -6.34. The van der Waals surface area contributed by atoms with Crippen molar-refractivity contribution in [1.82, 2.24) is 0 Å². The predicted molar refractivity (Wildman–Crippen MR) is 129 cm³/mol. The molecule has 2 aliphatic heterocycles. The van der Waals surface area contributed by atoms with Gasteiger partial charge in [0.1, 0.15) is 5.75 Å². The number of ether oxygens (including phenoxy) is 1. The van der Waals surface area contributed by atoms with E-state index < -0.39 is 38.8 Å². The fourth-order valence-corrected chi connectivity index (χ4v) is 5.56. The van der Waals surface area contributed by atoms with Crippen molar-refractivity contribution in [3.05, 3.63) is 86.9 Å². The summed E-state index contributed by atoms with van der Waals surface area (Å²) in [6.07, 6.45) is 0.771. The molecule has 0 radical (unpaired) electrons. The number of hydrogen-bond acceptors (Lipinski definition) is 5. The van der Waals surface area contributed by atoms with Crippen LogP contribution in [0.25, 0.3) is 5.57 Å². The van der Waals surface area contributed by atoms with Crippen LogP contribution in [-0.4, -0.2) is 19.5 Å². The van der Waals surface area contributed by atoms with Crippen LogP contribution in [0.1, 0.15) is 55.4 Å². The monoisotopic (exact) mass is 551 g/mol. The van der Waals surface area contributed by atoms with E-state index in [4.69, 9.17) is 9.73 Å². The maximum Gasteiger partial charge on any atom is 0.534 e. The van der Waals surface area contributed by atoms with Crippen molar-refractivity contribution in [3.8, 4) is 17.2 Å². The number of aryl methyl sites for hydroxylation is 1. The molecule has 3 aromatic rings. The van der Waals surface area contributed by atoms with Gasteiger partial charge in [0.2, 0.25) is 11.6 Å². The Morgan fingerprint density at radius 1 is 1.08 bits per heavy atom. The molecule has 1 unspecified atom stereocenters. The number of hydrogen-bond donors (Lipinski definition) is 0. The molecule has 0 aromatic heterocycles. The summed E-state index contributed by atoms with van der Waals surface area (Å²) in [5.74, 6) is -5.49. The van der Waals surface area contributed by atoms with Crippen LogP contribution >= 0.6 is 0 Å². The second-order valence-electron chi connectivity index (χ2n) is 10.1. The fraction of sp³-hybridized carbons (Fsp3) is 0.296. The molecule has 2 aliphatic rings. The van der Waals surface area contributed by atoms with E-state index in [1.54, 1.807) is 37.3 Å². The van der Waals surface area contributed by atoms with Gasteiger partial charge in [-0.05, 0) is 61.9 Å². The van der Waals surface area contributed by atoms with E-state index in [2.05, 4.69) is 11.1 Å². The van der Waals surface area contributed by atoms with E-state index in [9.17, 15) is 21.6 Å². The van der Waals surface area contributed by atoms with Gasteiger partial charge in [-0.3, -0.25) is 4.99 Å². The summed E-state index contributed by atoms with van der Waals surface area (Å²) >= 11 is 0. The summed E-state index contributed by atoms with van der Waals surface area (Å²) in [6.45, 7) is 7.80. The SMILES string of the molecule is Cc1ccccc1C1=c2cc3c(cc2Oc2c1cc(F)c(OS(=O)(=O)C(F)(F)F)c2F)=NC(C)(C)CC3C. The Bertz CT molecular complexity index is 1730. The summed E-state index contributed by atoms with van der Waals surface area (Å²) in [4.78, 5) is 4.77. The van der Waals surface area contributed by atoms with E-state index in [-0.39, 0.29) is 22.8 Å². The van der Waals surface area contributed by atoms with Crippen LogP contribution in [0.3, 0.4) is 0 Å². The predicted octanol–water partition coefficient (Wildman–Crippen LogP) is 5.76. The van der Waals surface area contributed by atoms with Crippen molar-refractivity contribution in [2.45, 2.75) is 51.1 Å². The Hall–Kier alpha value is -3.47. The third kappa shape index (κ3) is 4.22. The molecule has 11 heteroatoms. The number of benzene rings is 3. The Kier molecular flexibility index (Phi) is 5.86. The molecule has 0 bridgehead atoms. The minimum absolute atomic E-state index is 0.0979. The first-order chi connectivity index (χ1) is 17.6. The molecule has 0 fully saturated rings. The molecule has 5 nitrogen and oxygen atoms in total. The van der Waals surface area contributed by atoms with Crippen LogP contribution in [0.2, 0.25) is 0 Å². The molecule has 0 N–H and O–H groups in total. The smallest absolute Gasteiger partial charge is 0.453 e. The van der Waals surface area contributed by atoms with Crippen LogP contribution in [-0.2, 0) is 10.1 Å². The maximum absolute atomic E-state index is 15.6. The van der Waals surface area contributed by atoms with Crippen LogP contribution in [0.5, 0.6) is 17.2 Å². The number of rotatable bonds is 3. The van der Waals surface area contributed by atoms with Crippen LogP contribution in [0, 0.1) is 18.6 Å². The summed E-state index contributed by atoms with van der Waals surface area (Å²) in [6, 6.07) is 11.3. The molecule has 5 rings (SSSR count). The first kappa shape index (κ1) is 26.1. The lowest BCUT2D eigenvalue weighted by Crippen LogP contribution is -2.34. The molecule has 3 aromatic carbocycles. The minimum Gasteiger partial charge on any atom is -0.453 e. The number of halogens is 5. The Labute approximate surface area is 215 Å². The van der Waals surface area contributed by atoms with Crippen LogP contribution in [0.4, 0.5) is 22.0 Å². The zero-order valence-electron chi connectivity index (χ0n) is 20.7. The summed E-state index contributed by atoms with van der Waals surface area (Å²) in [5, 5.41) is 1.13. The Morgan fingerprint density at radius 3 is 2.42 bits per heavy atom. The lowest BCUT2D eigenvalue weighted by Gasteiger charge is -2.30. The molecule has 0 amide bonds. The second-order valence-corrected chi connectivity index (χ2v) is 11.6. The van der Waals surface area contributed by atoms with E-state index in [0.717, 1.165) is 23.6 Å². The molecule has 0 saturated heterocycles. The number of nitrogens with zero attached hydrogens (tertiary/aromatic N) is 1. The summed E-state index contributed by atoms with van der Waals surface area (Å²) in [5.41, 5.74) is -3.71. The third-order valence-corrected chi connectivity index (χ3v) is 7.61. The second kappa shape index (κ2) is 8.52. The van der Waals surface area contributed by atoms with Gasteiger partial charge in [-0.2, -0.15) is 26.0 Å².